The van der Waals surface area contributed by atoms with Gasteiger partial charge < -0.3 is 11.1 Å². The molecule has 5 nitrogen and oxygen atoms in total. The highest BCUT2D eigenvalue weighted by atomic mass is 79.9. The first-order valence-electron chi connectivity index (χ1n) is 5.87. The minimum Gasteiger partial charge on any atom is -0.368 e. The molecule has 1 aromatic rings. The molecule has 0 heterocycles. The van der Waals surface area contributed by atoms with E-state index in [1.165, 1.54) is 0 Å². The summed E-state index contributed by atoms with van der Waals surface area (Å²) in [5.74, 6) is -0.629. The molecule has 19 heavy (non-hydrogen) atoms. The summed E-state index contributed by atoms with van der Waals surface area (Å²) in [5.41, 5.74) is 6.91. The molecule has 0 spiro atoms. The SMILES string of the molecule is Cc1cc(Br)ccc1NC(=O)CN(C)[C@@H](C)C(N)=O. The van der Waals surface area contributed by atoms with Crippen LogP contribution >= 0.6 is 15.9 Å². The van der Waals surface area contributed by atoms with Crippen LogP contribution in [0.2, 0.25) is 0 Å². The monoisotopic (exact) mass is 327 g/mol. The van der Waals surface area contributed by atoms with Gasteiger partial charge in [0.25, 0.3) is 0 Å². The van der Waals surface area contributed by atoms with E-state index in [1.54, 1.807) is 18.9 Å². The molecule has 1 aromatic carbocycles. The topological polar surface area (TPSA) is 75.4 Å². The molecule has 2 amide bonds. The Labute approximate surface area is 121 Å². The highest BCUT2D eigenvalue weighted by molar-refractivity contribution is 9.10. The van der Waals surface area contributed by atoms with Gasteiger partial charge in [-0.3, -0.25) is 14.5 Å². The van der Waals surface area contributed by atoms with Crippen molar-refractivity contribution in [1.82, 2.24) is 4.90 Å². The summed E-state index contributed by atoms with van der Waals surface area (Å²) in [7, 11) is 1.68. The van der Waals surface area contributed by atoms with Crippen molar-refractivity contribution in [2.45, 2.75) is 19.9 Å². The number of anilines is 1. The first-order chi connectivity index (χ1) is 8.81. The average Bonchev–Trinajstić information content (AvgIpc) is 2.31. The summed E-state index contributed by atoms with van der Waals surface area (Å²) < 4.78 is 0.961. The number of hydrogen-bond acceptors (Lipinski definition) is 3. The number of amides is 2. The van der Waals surface area contributed by atoms with Gasteiger partial charge in [-0.15, -0.1) is 0 Å². The smallest absolute Gasteiger partial charge is 0.238 e. The van der Waals surface area contributed by atoms with E-state index in [9.17, 15) is 9.59 Å². The van der Waals surface area contributed by atoms with Crippen molar-refractivity contribution < 1.29 is 9.59 Å². The Morgan fingerprint density at radius 2 is 2.11 bits per heavy atom. The molecule has 0 aliphatic carbocycles. The molecule has 0 radical (unpaired) electrons. The van der Waals surface area contributed by atoms with Gasteiger partial charge in [-0.05, 0) is 44.7 Å². The Kier molecular flexibility index (Phi) is 5.50. The second-order valence-corrected chi connectivity index (χ2v) is 5.42. The molecule has 0 saturated heterocycles. The number of carbonyl (C=O) groups is 2. The van der Waals surface area contributed by atoms with Gasteiger partial charge in [0.15, 0.2) is 0 Å². The zero-order valence-electron chi connectivity index (χ0n) is 11.2. The van der Waals surface area contributed by atoms with Crippen molar-refractivity contribution in [3.05, 3.63) is 28.2 Å². The number of primary amides is 1. The number of carbonyl (C=O) groups excluding carboxylic acids is 2. The molecule has 6 heteroatoms. The Morgan fingerprint density at radius 1 is 1.47 bits per heavy atom. The van der Waals surface area contributed by atoms with E-state index in [0.717, 1.165) is 15.7 Å². The molecule has 1 atom stereocenters. The maximum absolute atomic E-state index is 11.9. The van der Waals surface area contributed by atoms with Crippen LogP contribution in [0.1, 0.15) is 12.5 Å². The van der Waals surface area contributed by atoms with E-state index < -0.39 is 11.9 Å². The third-order valence-corrected chi connectivity index (χ3v) is 3.42. The van der Waals surface area contributed by atoms with Crippen LogP contribution in [0.15, 0.2) is 22.7 Å². The third-order valence-electron chi connectivity index (χ3n) is 2.93. The lowest BCUT2D eigenvalue weighted by molar-refractivity contribution is -0.123. The van der Waals surface area contributed by atoms with Crippen LogP contribution in [0.4, 0.5) is 5.69 Å². The van der Waals surface area contributed by atoms with Gasteiger partial charge in [0, 0.05) is 10.2 Å². The molecule has 104 valence electrons. The minimum atomic E-state index is -0.475. The van der Waals surface area contributed by atoms with Crippen molar-refractivity contribution in [2.75, 3.05) is 18.9 Å². The van der Waals surface area contributed by atoms with E-state index in [0.29, 0.717) is 0 Å². The van der Waals surface area contributed by atoms with Gasteiger partial charge >= 0.3 is 0 Å². The van der Waals surface area contributed by atoms with Crippen molar-refractivity contribution in [2.24, 2.45) is 5.73 Å². The number of rotatable bonds is 5. The summed E-state index contributed by atoms with van der Waals surface area (Å²) >= 11 is 3.37. The second kappa shape index (κ2) is 6.68. The minimum absolute atomic E-state index is 0.111. The summed E-state index contributed by atoms with van der Waals surface area (Å²) in [6.45, 7) is 3.69. The number of nitrogens with one attached hydrogen (secondary N) is 1. The van der Waals surface area contributed by atoms with E-state index in [1.807, 2.05) is 25.1 Å². The maximum Gasteiger partial charge on any atom is 0.238 e. The van der Waals surface area contributed by atoms with Crippen LogP contribution in [0.25, 0.3) is 0 Å². The first kappa shape index (κ1) is 15.7. The fourth-order valence-electron chi connectivity index (χ4n) is 1.54. The molecule has 0 bridgehead atoms. The van der Waals surface area contributed by atoms with Crippen LogP contribution in [-0.2, 0) is 9.59 Å². The Balaban J connectivity index is 2.63. The van der Waals surface area contributed by atoms with Crippen molar-refractivity contribution in [3.8, 4) is 0 Å². The number of likely N-dealkylation sites (N-methyl/N-ethyl adjacent to an activating group) is 1. The number of halogens is 1. The van der Waals surface area contributed by atoms with E-state index in [-0.39, 0.29) is 12.5 Å². The summed E-state index contributed by atoms with van der Waals surface area (Å²) in [4.78, 5) is 24.5. The standard InChI is InChI=1S/C13H18BrN3O2/c1-8-6-10(14)4-5-11(8)16-12(18)7-17(3)9(2)13(15)19/h4-6,9H,7H2,1-3H3,(H2,15,19)(H,16,18)/t9-/m0/s1. The van der Waals surface area contributed by atoms with Crippen molar-refractivity contribution >= 4 is 33.4 Å². The number of aryl methyl sites for hydroxylation is 1. The van der Waals surface area contributed by atoms with E-state index >= 15 is 0 Å². The van der Waals surface area contributed by atoms with Gasteiger partial charge in [0.05, 0.1) is 12.6 Å². The lowest BCUT2D eigenvalue weighted by Gasteiger charge is -2.21. The maximum atomic E-state index is 11.9. The van der Waals surface area contributed by atoms with Crippen LogP contribution in [-0.4, -0.2) is 36.3 Å². The molecule has 0 aliphatic rings. The zero-order chi connectivity index (χ0) is 14.6. The van der Waals surface area contributed by atoms with Gasteiger partial charge in [-0.2, -0.15) is 0 Å². The fraction of sp³-hybridized carbons (Fsp3) is 0.385. The Bertz CT molecular complexity index is 491. The number of hydrogen-bond donors (Lipinski definition) is 2. The quantitative estimate of drug-likeness (QED) is 0.860. The average molecular weight is 328 g/mol. The van der Waals surface area contributed by atoms with Gasteiger partial charge in [0.2, 0.25) is 11.8 Å². The van der Waals surface area contributed by atoms with Crippen LogP contribution < -0.4 is 11.1 Å². The predicted octanol–water partition coefficient (Wildman–Crippen LogP) is 1.50. The van der Waals surface area contributed by atoms with Gasteiger partial charge in [-0.25, -0.2) is 0 Å². The Hall–Kier alpha value is -1.40. The molecule has 0 aromatic heterocycles. The molecule has 0 saturated carbocycles. The highest BCUT2D eigenvalue weighted by Gasteiger charge is 2.17. The number of benzene rings is 1. The van der Waals surface area contributed by atoms with Crippen LogP contribution in [0, 0.1) is 6.92 Å². The van der Waals surface area contributed by atoms with Crippen molar-refractivity contribution in [3.63, 3.8) is 0 Å². The molecule has 1 rings (SSSR count). The lowest BCUT2D eigenvalue weighted by Crippen LogP contribution is -2.43. The van der Waals surface area contributed by atoms with Gasteiger partial charge in [0.1, 0.15) is 0 Å². The number of nitrogens with zero attached hydrogens (tertiary/aromatic N) is 1. The summed E-state index contributed by atoms with van der Waals surface area (Å²) in [5, 5.41) is 2.81. The van der Waals surface area contributed by atoms with Crippen molar-refractivity contribution in [1.29, 1.82) is 0 Å². The van der Waals surface area contributed by atoms with E-state index in [4.69, 9.17) is 5.73 Å². The first-order valence-corrected chi connectivity index (χ1v) is 6.66. The molecular weight excluding hydrogens is 310 g/mol. The molecular formula is C13H18BrN3O2. The van der Waals surface area contributed by atoms with E-state index in [2.05, 4.69) is 21.2 Å². The van der Waals surface area contributed by atoms with Crippen LogP contribution in [0.3, 0.4) is 0 Å². The second-order valence-electron chi connectivity index (χ2n) is 4.50. The summed E-state index contributed by atoms with van der Waals surface area (Å²) in [6, 6.07) is 5.13. The third kappa shape index (κ3) is 4.65. The largest absolute Gasteiger partial charge is 0.368 e. The normalized spacial score (nSPS) is 12.3. The van der Waals surface area contributed by atoms with Crippen LogP contribution in [0.5, 0.6) is 0 Å². The lowest BCUT2D eigenvalue weighted by atomic mass is 10.2. The highest BCUT2D eigenvalue weighted by Crippen LogP contribution is 2.19. The van der Waals surface area contributed by atoms with Gasteiger partial charge in [-0.1, -0.05) is 15.9 Å². The fourth-order valence-corrected chi connectivity index (χ4v) is 2.01. The zero-order valence-corrected chi connectivity index (χ0v) is 12.8. The molecule has 0 fully saturated rings. The molecule has 3 N–H and O–H groups in total. The molecule has 0 unspecified atom stereocenters. The summed E-state index contributed by atoms with van der Waals surface area (Å²) in [6.07, 6.45) is 0. The molecule has 0 aliphatic heterocycles. The Morgan fingerprint density at radius 3 is 2.63 bits per heavy atom. The predicted molar refractivity (Wildman–Crippen MR) is 78.8 cm³/mol. The number of nitrogens with two attached hydrogens (primary N) is 1.